The summed E-state index contributed by atoms with van der Waals surface area (Å²) in [6.07, 6.45) is 0. The second-order valence-electron chi connectivity index (χ2n) is 3.96. The van der Waals surface area contributed by atoms with Gasteiger partial charge in [0.2, 0.25) is 0 Å². The van der Waals surface area contributed by atoms with Gasteiger partial charge in [0.05, 0.1) is 0 Å². The Morgan fingerprint density at radius 2 is 0.917 bits per heavy atom. The van der Waals surface area contributed by atoms with Crippen LogP contribution in [0.2, 0.25) is 0 Å². The lowest BCUT2D eigenvalue weighted by Crippen LogP contribution is -1.95. The fourth-order valence-electron chi connectivity index (χ4n) is 1.41. The first-order valence-corrected chi connectivity index (χ1v) is 5.74. The monoisotopic (exact) mass is 330 g/mol. The predicted octanol–water partition coefficient (Wildman–Crippen LogP) is 0.830. The van der Waals surface area contributed by atoms with Crippen LogP contribution in [0.1, 0.15) is 20.7 Å². The Balaban J connectivity index is 0. The molecule has 0 atom stereocenters. The van der Waals surface area contributed by atoms with Gasteiger partial charge in [-0.3, -0.25) is 0 Å². The standard InChI is InChI=1S/2C7H6O4.2B/c2*8-5-3-1-2-4(6(5)9)7(10)11;;/h2*1-3,8-9H,(H,10,11);;. The van der Waals surface area contributed by atoms with Gasteiger partial charge in [-0.15, -0.1) is 0 Å². The third-order valence-corrected chi connectivity index (χ3v) is 2.49. The van der Waals surface area contributed by atoms with E-state index in [1.54, 1.807) is 0 Å². The highest BCUT2D eigenvalue weighted by Crippen LogP contribution is 2.28. The molecule has 2 aromatic carbocycles. The summed E-state index contributed by atoms with van der Waals surface area (Å²) in [5, 5.41) is 52.4. The lowest BCUT2D eigenvalue weighted by molar-refractivity contribution is 0.0681. The van der Waals surface area contributed by atoms with E-state index in [4.69, 9.17) is 30.6 Å². The number of phenols is 4. The minimum absolute atomic E-state index is 0. The number of phenolic OH excluding ortho intramolecular Hbond substituents is 2. The van der Waals surface area contributed by atoms with E-state index in [0.717, 1.165) is 0 Å². The molecule has 0 fully saturated rings. The van der Waals surface area contributed by atoms with Gasteiger partial charge >= 0.3 is 11.9 Å². The number of hydrogen-bond donors (Lipinski definition) is 6. The molecular weight excluding hydrogens is 318 g/mol. The number of carboxylic acid groups (broad SMARTS) is 2. The molecule has 2 rings (SSSR count). The fourth-order valence-corrected chi connectivity index (χ4v) is 1.41. The SMILES string of the molecule is O=C(O)c1cccc(O)c1O.O=C(O)c1cccc(O)c1O.[B].[B]. The van der Waals surface area contributed by atoms with E-state index >= 15 is 0 Å². The smallest absolute Gasteiger partial charge is 0.339 e. The molecule has 0 bridgehead atoms. The van der Waals surface area contributed by atoms with Gasteiger partial charge in [-0.1, -0.05) is 12.1 Å². The molecule has 6 radical (unpaired) electrons. The Labute approximate surface area is 140 Å². The minimum atomic E-state index is -1.27. The van der Waals surface area contributed by atoms with Crippen molar-refractivity contribution in [1.82, 2.24) is 0 Å². The molecule has 6 N–H and O–H groups in total. The molecule has 0 spiro atoms. The van der Waals surface area contributed by atoms with E-state index in [1.807, 2.05) is 0 Å². The minimum Gasteiger partial charge on any atom is -0.504 e. The number of benzene rings is 2. The molecule has 0 aromatic heterocycles. The van der Waals surface area contributed by atoms with Crippen molar-refractivity contribution in [2.24, 2.45) is 0 Å². The van der Waals surface area contributed by atoms with E-state index in [1.165, 1.54) is 36.4 Å². The van der Waals surface area contributed by atoms with Gasteiger partial charge < -0.3 is 30.6 Å². The normalized spacial score (nSPS) is 8.67. The average Bonchev–Trinajstić information content (AvgIpc) is 2.45. The van der Waals surface area contributed by atoms with Crippen LogP contribution in [-0.2, 0) is 0 Å². The molecule has 8 nitrogen and oxygen atoms in total. The molecule has 2 aromatic rings. The summed E-state index contributed by atoms with van der Waals surface area (Å²) in [4.78, 5) is 20.6. The van der Waals surface area contributed by atoms with E-state index in [2.05, 4.69) is 0 Å². The summed E-state index contributed by atoms with van der Waals surface area (Å²) in [5.41, 5.74) is -0.602. The molecule has 0 heterocycles. The molecule has 0 aliphatic heterocycles. The topological polar surface area (TPSA) is 156 Å². The number of aromatic hydroxyl groups is 4. The first kappa shape index (κ1) is 23.0. The summed E-state index contributed by atoms with van der Waals surface area (Å²) in [5.74, 6) is -4.58. The van der Waals surface area contributed by atoms with Gasteiger partial charge in [0.15, 0.2) is 23.0 Å². The highest BCUT2D eigenvalue weighted by atomic mass is 16.4. The summed E-state index contributed by atoms with van der Waals surface area (Å²) >= 11 is 0. The van der Waals surface area contributed by atoms with E-state index < -0.39 is 34.9 Å². The van der Waals surface area contributed by atoms with Crippen molar-refractivity contribution in [2.45, 2.75) is 0 Å². The molecule has 0 aliphatic rings. The van der Waals surface area contributed by atoms with Gasteiger partial charge in [-0.25, -0.2) is 9.59 Å². The summed E-state index contributed by atoms with van der Waals surface area (Å²) in [7, 11) is 0. The van der Waals surface area contributed by atoms with Crippen LogP contribution >= 0.6 is 0 Å². The number of hydrogen-bond acceptors (Lipinski definition) is 6. The first-order chi connectivity index (χ1) is 10.3. The zero-order valence-corrected chi connectivity index (χ0v) is 12.1. The Morgan fingerprint density at radius 1 is 0.625 bits per heavy atom. The predicted molar refractivity (Wildman–Crippen MR) is 85.0 cm³/mol. The summed E-state index contributed by atoms with van der Waals surface area (Å²) in [6.45, 7) is 0. The largest absolute Gasteiger partial charge is 0.504 e. The van der Waals surface area contributed by atoms with Crippen LogP contribution in [0.5, 0.6) is 23.0 Å². The second-order valence-corrected chi connectivity index (χ2v) is 3.96. The quantitative estimate of drug-likeness (QED) is 0.349. The molecule has 0 amide bonds. The second kappa shape index (κ2) is 9.67. The van der Waals surface area contributed by atoms with Gasteiger partial charge in [-0.2, -0.15) is 0 Å². The number of carbonyl (C=O) groups is 2. The maximum atomic E-state index is 10.3. The van der Waals surface area contributed by atoms with E-state index in [0.29, 0.717) is 0 Å². The van der Waals surface area contributed by atoms with Crippen molar-refractivity contribution in [1.29, 1.82) is 0 Å². The van der Waals surface area contributed by atoms with Crippen molar-refractivity contribution >= 4 is 28.8 Å². The van der Waals surface area contributed by atoms with Crippen LogP contribution in [0.3, 0.4) is 0 Å². The zero-order valence-electron chi connectivity index (χ0n) is 12.1. The molecule has 10 heteroatoms. The summed E-state index contributed by atoms with van der Waals surface area (Å²) in [6, 6.07) is 7.52. The molecule has 0 unspecified atom stereocenters. The van der Waals surface area contributed by atoms with Crippen molar-refractivity contribution in [3.05, 3.63) is 47.5 Å². The molecular formula is C14H12B2O8. The lowest BCUT2D eigenvalue weighted by Gasteiger charge is -1.99. The molecule has 0 saturated heterocycles. The summed E-state index contributed by atoms with van der Waals surface area (Å²) < 4.78 is 0. The van der Waals surface area contributed by atoms with Crippen LogP contribution in [0.4, 0.5) is 0 Å². The first-order valence-electron chi connectivity index (χ1n) is 5.74. The Hall–Kier alpha value is -3.29. The number of para-hydroxylation sites is 2. The van der Waals surface area contributed by atoms with Gasteiger partial charge in [0.1, 0.15) is 11.1 Å². The van der Waals surface area contributed by atoms with Gasteiger partial charge in [-0.05, 0) is 24.3 Å². The van der Waals surface area contributed by atoms with E-state index in [-0.39, 0.29) is 28.0 Å². The molecule has 122 valence electrons. The number of rotatable bonds is 2. The van der Waals surface area contributed by atoms with Crippen molar-refractivity contribution in [3.8, 4) is 23.0 Å². The Morgan fingerprint density at radius 3 is 1.12 bits per heavy atom. The van der Waals surface area contributed by atoms with Crippen LogP contribution in [-0.4, -0.2) is 59.4 Å². The van der Waals surface area contributed by atoms with Crippen molar-refractivity contribution in [3.63, 3.8) is 0 Å². The Kier molecular flexibility index (Phi) is 9.26. The van der Waals surface area contributed by atoms with Crippen LogP contribution < -0.4 is 0 Å². The fraction of sp³-hybridized carbons (Fsp3) is 0. The Bertz CT molecular complexity index is 656. The van der Waals surface area contributed by atoms with Gasteiger partial charge in [0.25, 0.3) is 0 Å². The van der Waals surface area contributed by atoms with E-state index in [9.17, 15) is 9.59 Å². The number of aromatic carboxylic acids is 2. The van der Waals surface area contributed by atoms with Gasteiger partial charge in [0, 0.05) is 16.8 Å². The molecule has 0 aliphatic carbocycles. The lowest BCUT2D eigenvalue weighted by atomic mass is 10.2. The maximum absolute atomic E-state index is 10.3. The maximum Gasteiger partial charge on any atom is 0.339 e. The van der Waals surface area contributed by atoms with Crippen LogP contribution in [0, 0.1) is 0 Å². The third-order valence-electron chi connectivity index (χ3n) is 2.49. The highest BCUT2D eigenvalue weighted by molar-refractivity contribution is 5.92. The average molecular weight is 330 g/mol. The van der Waals surface area contributed by atoms with Crippen LogP contribution in [0.15, 0.2) is 36.4 Å². The number of carboxylic acids is 2. The molecule has 0 saturated carbocycles. The molecule has 24 heavy (non-hydrogen) atoms. The van der Waals surface area contributed by atoms with Crippen molar-refractivity contribution in [2.75, 3.05) is 0 Å². The zero-order chi connectivity index (χ0) is 16.9. The highest BCUT2D eigenvalue weighted by Gasteiger charge is 2.12. The van der Waals surface area contributed by atoms with Crippen LogP contribution in [0.25, 0.3) is 0 Å². The van der Waals surface area contributed by atoms with Crippen molar-refractivity contribution < 1.29 is 40.2 Å². The third kappa shape index (κ3) is 5.48.